The zero-order valence-corrected chi connectivity index (χ0v) is 12.1. The van der Waals surface area contributed by atoms with Crippen LogP contribution in [-0.4, -0.2) is 15.7 Å². The Morgan fingerprint density at radius 3 is 2.45 bits per heavy atom. The molecular weight excluding hydrogens is 252 g/mol. The van der Waals surface area contributed by atoms with Gasteiger partial charge < -0.3 is 0 Å². The largest absolute Gasteiger partial charge is 0.294 e. The quantitative estimate of drug-likeness (QED) is 0.504. The molecule has 2 rings (SSSR count). The third-order valence-corrected chi connectivity index (χ3v) is 3.76. The predicted molar refractivity (Wildman–Crippen MR) is 78.0 cm³/mol. The van der Waals surface area contributed by atoms with Gasteiger partial charge in [-0.1, -0.05) is 30.3 Å². The molecule has 0 saturated heterocycles. The molecule has 106 valence electrons. The van der Waals surface area contributed by atoms with Crippen LogP contribution in [0.2, 0.25) is 0 Å². The lowest BCUT2D eigenvalue weighted by atomic mass is 9.98. The fourth-order valence-electron chi connectivity index (χ4n) is 2.26. The molecule has 1 unspecified atom stereocenters. The highest BCUT2D eigenvalue weighted by atomic mass is 16.2. The summed E-state index contributed by atoms with van der Waals surface area (Å²) in [6.45, 7) is 6.50. The van der Waals surface area contributed by atoms with E-state index in [1.807, 2.05) is 55.8 Å². The molecule has 0 aliphatic rings. The Kier molecular flexibility index (Phi) is 4.20. The number of nitrogens with two attached hydrogens (primary N) is 1. The minimum absolute atomic E-state index is 0.207. The Balaban J connectivity index is 2.34. The van der Waals surface area contributed by atoms with Crippen molar-refractivity contribution in [2.24, 2.45) is 5.84 Å². The van der Waals surface area contributed by atoms with Crippen LogP contribution in [0.1, 0.15) is 28.4 Å². The molecule has 20 heavy (non-hydrogen) atoms. The van der Waals surface area contributed by atoms with E-state index < -0.39 is 0 Å². The number of nitrogens with zero attached hydrogens (tertiary/aromatic N) is 2. The standard InChI is InChI=1S/C15H20N4O/c1-10-11(2)18-19(12(10)3)9-14(15(20)17-16)13-7-5-4-6-8-13/h4-8,14H,9,16H2,1-3H3,(H,17,20). The van der Waals surface area contributed by atoms with E-state index >= 15 is 0 Å². The van der Waals surface area contributed by atoms with Crippen molar-refractivity contribution in [2.75, 3.05) is 0 Å². The summed E-state index contributed by atoms with van der Waals surface area (Å²) < 4.78 is 1.87. The van der Waals surface area contributed by atoms with Gasteiger partial charge in [0.05, 0.1) is 18.2 Å². The lowest BCUT2D eigenvalue weighted by Crippen LogP contribution is -2.36. The molecule has 3 N–H and O–H groups in total. The molecule has 5 nitrogen and oxygen atoms in total. The normalized spacial score (nSPS) is 12.2. The lowest BCUT2D eigenvalue weighted by molar-refractivity contribution is -0.123. The number of amides is 1. The average molecular weight is 272 g/mol. The summed E-state index contributed by atoms with van der Waals surface area (Å²) >= 11 is 0. The summed E-state index contributed by atoms with van der Waals surface area (Å²) in [5, 5.41) is 4.49. The van der Waals surface area contributed by atoms with Crippen LogP contribution in [0.4, 0.5) is 0 Å². The van der Waals surface area contributed by atoms with E-state index in [0.29, 0.717) is 6.54 Å². The zero-order valence-electron chi connectivity index (χ0n) is 12.1. The van der Waals surface area contributed by atoms with Crippen LogP contribution >= 0.6 is 0 Å². The fraction of sp³-hybridized carbons (Fsp3) is 0.333. The first-order valence-electron chi connectivity index (χ1n) is 6.60. The molecule has 1 aromatic heterocycles. The Hall–Kier alpha value is -2.14. The van der Waals surface area contributed by atoms with Crippen LogP contribution in [0.25, 0.3) is 0 Å². The number of carbonyl (C=O) groups excluding carboxylic acids is 1. The van der Waals surface area contributed by atoms with Gasteiger partial charge in [0.2, 0.25) is 5.91 Å². The number of aromatic nitrogens is 2. The van der Waals surface area contributed by atoms with Crippen LogP contribution < -0.4 is 11.3 Å². The van der Waals surface area contributed by atoms with Crippen LogP contribution in [0.15, 0.2) is 30.3 Å². The summed E-state index contributed by atoms with van der Waals surface area (Å²) in [5.41, 5.74) is 6.40. The first-order chi connectivity index (χ1) is 9.54. The molecule has 1 atom stereocenters. The van der Waals surface area contributed by atoms with Crippen molar-refractivity contribution < 1.29 is 4.79 Å². The van der Waals surface area contributed by atoms with Gasteiger partial charge in [-0.25, -0.2) is 5.84 Å². The van der Waals surface area contributed by atoms with E-state index in [4.69, 9.17) is 5.84 Å². The Morgan fingerprint density at radius 2 is 1.95 bits per heavy atom. The highest BCUT2D eigenvalue weighted by Gasteiger charge is 2.22. The maximum Gasteiger partial charge on any atom is 0.243 e. The van der Waals surface area contributed by atoms with Crippen molar-refractivity contribution >= 4 is 5.91 Å². The van der Waals surface area contributed by atoms with Crippen LogP contribution in [0.3, 0.4) is 0 Å². The molecule has 0 saturated carbocycles. The van der Waals surface area contributed by atoms with Gasteiger partial charge in [-0.3, -0.25) is 14.9 Å². The number of carbonyl (C=O) groups is 1. The third-order valence-electron chi connectivity index (χ3n) is 3.76. The van der Waals surface area contributed by atoms with Crippen molar-refractivity contribution in [3.05, 3.63) is 52.8 Å². The number of hydrazine groups is 1. The van der Waals surface area contributed by atoms with Crippen molar-refractivity contribution in [1.82, 2.24) is 15.2 Å². The van der Waals surface area contributed by atoms with Gasteiger partial charge in [0.1, 0.15) is 0 Å². The SMILES string of the molecule is Cc1nn(CC(C(=O)NN)c2ccccc2)c(C)c1C. The van der Waals surface area contributed by atoms with Crippen LogP contribution in [-0.2, 0) is 11.3 Å². The van der Waals surface area contributed by atoms with E-state index in [1.165, 1.54) is 0 Å². The van der Waals surface area contributed by atoms with E-state index in [2.05, 4.69) is 10.5 Å². The van der Waals surface area contributed by atoms with E-state index in [1.54, 1.807) is 0 Å². The van der Waals surface area contributed by atoms with Gasteiger partial charge in [-0.2, -0.15) is 5.10 Å². The first kappa shape index (κ1) is 14.3. The second kappa shape index (κ2) is 5.88. The summed E-state index contributed by atoms with van der Waals surface area (Å²) in [5.74, 6) is 4.75. The summed E-state index contributed by atoms with van der Waals surface area (Å²) in [6, 6.07) is 9.61. The highest BCUT2D eigenvalue weighted by Crippen LogP contribution is 2.20. The molecule has 0 bridgehead atoms. The molecule has 5 heteroatoms. The van der Waals surface area contributed by atoms with Crippen LogP contribution in [0.5, 0.6) is 0 Å². The van der Waals surface area contributed by atoms with Crippen LogP contribution in [0, 0.1) is 20.8 Å². The number of rotatable bonds is 4. The molecule has 0 spiro atoms. The second-order valence-electron chi connectivity index (χ2n) is 4.95. The fourth-order valence-corrected chi connectivity index (χ4v) is 2.26. The molecule has 0 aliphatic carbocycles. The van der Waals surface area contributed by atoms with Gasteiger partial charge in [-0.15, -0.1) is 0 Å². The highest BCUT2D eigenvalue weighted by molar-refractivity contribution is 5.83. The van der Waals surface area contributed by atoms with E-state index in [-0.39, 0.29) is 11.8 Å². The average Bonchev–Trinajstić information content (AvgIpc) is 2.72. The summed E-state index contributed by atoms with van der Waals surface area (Å²) in [6.07, 6.45) is 0. The second-order valence-corrected chi connectivity index (χ2v) is 4.95. The maximum absolute atomic E-state index is 12.0. The van der Waals surface area contributed by atoms with Crippen molar-refractivity contribution in [2.45, 2.75) is 33.2 Å². The Bertz CT molecular complexity index is 604. The molecule has 1 heterocycles. The third kappa shape index (κ3) is 2.72. The van der Waals surface area contributed by atoms with E-state index in [9.17, 15) is 4.79 Å². The topological polar surface area (TPSA) is 72.9 Å². The van der Waals surface area contributed by atoms with Gasteiger partial charge in [0.15, 0.2) is 0 Å². The van der Waals surface area contributed by atoms with Crippen molar-refractivity contribution in [3.8, 4) is 0 Å². The molecule has 0 radical (unpaired) electrons. The van der Waals surface area contributed by atoms with Gasteiger partial charge in [0.25, 0.3) is 0 Å². The molecule has 1 aromatic carbocycles. The first-order valence-corrected chi connectivity index (χ1v) is 6.60. The Labute approximate surface area is 118 Å². The summed E-state index contributed by atoms with van der Waals surface area (Å²) in [4.78, 5) is 12.0. The van der Waals surface area contributed by atoms with Gasteiger partial charge in [0, 0.05) is 5.69 Å². The Morgan fingerprint density at radius 1 is 1.30 bits per heavy atom. The monoisotopic (exact) mass is 272 g/mol. The number of nitrogens with one attached hydrogen (secondary N) is 1. The van der Waals surface area contributed by atoms with E-state index in [0.717, 1.165) is 22.5 Å². The molecular formula is C15H20N4O. The minimum atomic E-state index is -0.349. The van der Waals surface area contributed by atoms with Crippen molar-refractivity contribution in [3.63, 3.8) is 0 Å². The number of aryl methyl sites for hydroxylation is 1. The smallest absolute Gasteiger partial charge is 0.243 e. The van der Waals surface area contributed by atoms with Gasteiger partial charge in [-0.05, 0) is 31.9 Å². The van der Waals surface area contributed by atoms with Crippen molar-refractivity contribution in [1.29, 1.82) is 0 Å². The summed E-state index contributed by atoms with van der Waals surface area (Å²) in [7, 11) is 0. The molecule has 2 aromatic rings. The number of hydrogen-bond acceptors (Lipinski definition) is 3. The molecule has 0 fully saturated rings. The van der Waals surface area contributed by atoms with Gasteiger partial charge >= 0.3 is 0 Å². The predicted octanol–water partition coefficient (Wildman–Crippen LogP) is 1.58. The maximum atomic E-state index is 12.0. The zero-order chi connectivity index (χ0) is 14.7. The number of benzene rings is 1. The molecule has 1 amide bonds. The number of hydrogen-bond donors (Lipinski definition) is 2. The lowest BCUT2D eigenvalue weighted by Gasteiger charge is -2.16. The molecule has 0 aliphatic heterocycles. The minimum Gasteiger partial charge on any atom is -0.294 e.